The fourth-order valence-electron chi connectivity index (χ4n) is 2.45. The van der Waals surface area contributed by atoms with Crippen LogP contribution in [0.4, 0.5) is 18.9 Å². The van der Waals surface area contributed by atoms with Crippen molar-refractivity contribution in [1.29, 1.82) is 0 Å². The van der Waals surface area contributed by atoms with Gasteiger partial charge in [-0.2, -0.15) is 13.2 Å². The normalized spacial score (nSPS) is 20.1. The predicted octanol–water partition coefficient (Wildman–Crippen LogP) is 3.66. The molecular weight excluding hydrogens is 321 g/mol. The third-order valence-electron chi connectivity index (χ3n) is 3.29. The largest absolute Gasteiger partial charge is 0.418 e. The molecule has 106 valence electrons. The Bertz CT molecular complexity index is 448. The molecule has 19 heavy (non-hydrogen) atoms. The number of hydrogen-bond donors (Lipinski definition) is 1. The second kappa shape index (κ2) is 5.71. The van der Waals surface area contributed by atoms with Crippen LogP contribution < -0.4 is 10.2 Å². The Labute approximate surface area is 119 Å². The molecule has 0 aromatic heterocycles. The summed E-state index contributed by atoms with van der Waals surface area (Å²) < 4.78 is 39.6. The number of anilines is 1. The van der Waals surface area contributed by atoms with Gasteiger partial charge >= 0.3 is 6.18 Å². The Balaban J connectivity index is 2.26. The van der Waals surface area contributed by atoms with E-state index in [2.05, 4.69) is 21.2 Å². The van der Waals surface area contributed by atoms with Gasteiger partial charge in [0.1, 0.15) is 0 Å². The van der Waals surface area contributed by atoms with Crippen molar-refractivity contribution in [1.82, 2.24) is 5.32 Å². The molecule has 1 fully saturated rings. The lowest BCUT2D eigenvalue weighted by Gasteiger charge is -2.23. The Morgan fingerprint density at radius 3 is 2.79 bits per heavy atom. The first-order valence-corrected chi connectivity index (χ1v) is 7.06. The van der Waals surface area contributed by atoms with Gasteiger partial charge in [-0.05, 0) is 31.2 Å². The molecule has 1 heterocycles. The van der Waals surface area contributed by atoms with Gasteiger partial charge < -0.3 is 10.2 Å². The maximum Gasteiger partial charge on any atom is 0.418 e. The van der Waals surface area contributed by atoms with Gasteiger partial charge in [0.2, 0.25) is 0 Å². The average Bonchev–Trinajstić information content (AvgIpc) is 2.77. The van der Waals surface area contributed by atoms with Gasteiger partial charge in [-0.15, -0.1) is 0 Å². The number of hydrogen-bond acceptors (Lipinski definition) is 2. The Morgan fingerprint density at radius 2 is 2.16 bits per heavy atom. The maximum atomic E-state index is 13.1. The van der Waals surface area contributed by atoms with E-state index in [1.165, 1.54) is 0 Å². The van der Waals surface area contributed by atoms with Crippen molar-refractivity contribution >= 4 is 21.6 Å². The molecule has 1 aliphatic rings. The summed E-state index contributed by atoms with van der Waals surface area (Å²) in [5, 5.41) is 3.28. The van der Waals surface area contributed by atoms with Crippen LogP contribution in [-0.4, -0.2) is 25.7 Å². The topological polar surface area (TPSA) is 15.3 Å². The van der Waals surface area contributed by atoms with Crippen LogP contribution in [0.2, 0.25) is 0 Å². The first-order chi connectivity index (χ1) is 8.91. The van der Waals surface area contributed by atoms with E-state index >= 15 is 0 Å². The minimum Gasteiger partial charge on any atom is -0.369 e. The molecule has 2 rings (SSSR count). The van der Waals surface area contributed by atoms with Crippen LogP contribution in [0, 0.1) is 0 Å². The van der Waals surface area contributed by atoms with Crippen LogP contribution in [0.25, 0.3) is 0 Å². The zero-order valence-electron chi connectivity index (χ0n) is 10.6. The summed E-state index contributed by atoms with van der Waals surface area (Å²) in [6.07, 6.45) is -3.45. The van der Waals surface area contributed by atoms with E-state index < -0.39 is 11.7 Å². The number of nitrogens with zero attached hydrogens (tertiary/aromatic N) is 1. The van der Waals surface area contributed by atoms with E-state index in [4.69, 9.17) is 0 Å². The molecule has 1 atom stereocenters. The van der Waals surface area contributed by atoms with Gasteiger partial charge in [0.15, 0.2) is 0 Å². The van der Waals surface area contributed by atoms with Crippen molar-refractivity contribution in [3.8, 4) is 0 Å². The number of alkyl halides is 3. The van der Waals surface area contributed by atoms with E-state index in [-0.39, 0.29) is 11.7 Å². The fraction of sp³-hybridized carbons (Fsp3) is 0.538. The number of halogens is 4. The molecule has 0 amide bonds. The lowest BCUT2D eigenvalue weighted by molar-refractivity contribution is -0.137. The van der Waals surface area contributed by atoms with Crippen LogP contribution >= 0.6 is 15.9 Å². The molecule has 0 aliphatic carbocycles. The Hall–Kier alpha value is -0.750. The summed E-state index contributed by atoms with van der Waals surface area (Å²) in [6, 6.07) is 4.62. The molecule has 0 bridgehead atoms. The first kappa shape index (κ1) is 14.7. The van der Waals surface area contributed by atoms with Crippen LogP contribution in [0.3, 0.4) is 0 Å². The van der Waals surface area contributed by atoms with Gasteiger partial charge in [-0.3, -0.25) is 0 Å². The highest BCUT2D eigenvalue weighted by molar-refractivity contribution is 9.10. The molecule has 0 spiro atoms. The van der Waals surface area contributed by atoms with Crippen molar-refractivity contribution in [2.24, 2.45) is 0 Å². The molecule has 1 unspecified atom stereocenters. The standard InChI is InChI=1S/C13H16BrF3N2/c1-2-18-10-5-6-19(8-10)12-4-3-9(14)7-11(12)13(15,16)17/h3-4,7,10,18H,2,5-6,8H2,1H3. The highest BCUT2D eigenvalue weighted by Gasteiger charge is 2.36. The summed E-state index contributed by atoms with van der Waals surface area (Å²) in [7, 11) is 0. The van der Waals surface area contributed by atoms with Crippen LogP contribution in [0.15, 0.2) is 22.7 Å². The average molecular weight is 337 g/mol. The van der Waals surface area contributed by atoms with Crippen LogP contribution in [0.1, 0.15) is 18.9 Å². The summed E-state index contributed by atoms with van der Waals surface area (Å²) in [4.78, 5) is 1.81. The van der Waals surface area contributed by atoms with Gasteiger partial charge in [-0.1, -0.05) is 22.9 Å². The second-order valence-corrected chi connectivity index (χ2v) is 5.56. The Kier molecular flexibility index (Phi) is 4.40. The predicted molar refractivity (Wildman–Crippen MR) is 73.4 cm³/mol. The quantitative estimate of drug-likeness (QED) is 0.906. The van der Waals surface area contributed by atoms with E-state index in [9.17, 15) is 13.2 Å². The zero-order chi connectivity index (χ0) is 14.0. The summed E-state index contributed by atoms with van der Waals surface area (Å²) in [6.45, 7) is 4.12. The molecular formula is C13H16BrF3N2. The third kappa shape index (κ3) is 3.42. The lowest BCUT2D eigenvalue weighted by atomic mass is 10.1. The highest BCUT2D eigenvalue weighted by Crippen LogP contribution is 2.39. The van der Waals surface area contributed by atoms with Gasteiger partial charge in [-0.25, -0.2) is 0 Å². The molecule has 1 aromatic rings. The smallest absolute Gasteiger partial charge is 0.369 e. The monoisotopic (exact) mass is 336 g/mol. The van der Waals surface area contributed by atoms with Crippen molar-refractivity contribution in [2.45, 2.75) is 25.6 Å². The fourth-order valence-corrected chi connectivity index (χ4v) is 2.81. The molecule has 0 saturated carbocycles. The van der Waals surface area contributed by atoms with Gasteiger partial charge in [0.05, 0.1) is 5.56 Å². The Morgan fingerprint density at radius 1 is 1.42 bits per heavy atom. The third-order valence-corrected chi connectivity index (χ3v) is 3.78. The SMILES string of the molecule is CCNC1CCN(c2ccc(Br)cc2C(F)(F)F)C1. The molecule has 1 N–H and O–H groups in total. The van der Waals surface area contributed by atoms with Crippen molar-refractivity contribution in [3.05, 3.63) is 28.2 Å². The first-order valence-electron chi connectivity index (χ1n) is 6.27. The molecule has 6 heteroatoms. The molecule has 2 nitrogen and oxygen atoms in total. The van der Waals surface area contributed by atoms with Gasteiger partial charge in [0, 0.05) is 29.3 Å². The summed E-state index contributed by atoms with van der Waals surface area (Å²) in [5.41, 5.74) is -0.296. The second-order valence-electron chi connectivity index (χ2n) is 4.65. The number of nitrogens with one attached hydrogen (secondary N) is 1. The molecule has 1 saturated heterocycles. The minimum absolute atomic E-state index is 0.273. The number of benzene rings is 1. The molecule has 0 radical (unpaired) electrons. The maximum absolute atomic E-state index is 13.1. The number of rotatable bonds is 3. The zero-order valence-corrected chi connectivity index (χ0v) is 12.2. The highest BCUT2D eigenvalue weighted by atomic mass is 79.9. The van der Waals surface area contributed by atoms with E-state index in [1.807, 2.05) is 11.8 Å². The van der Waals surface area contributed by atoms with Crippen molar-refractivity contribution in [2.75, 3.05) is 24.5 Å². The minimum atomic E-state index is -4.32. The van der Waals surface area contributed by atoms with Crippen molar-refractivity contribution < 1.29 is 13.2 Å². The summed E-state index contributed by atoms with van der Waals surface area (Å²) >= 11 is 3.10. The molecule has 1 aromatic carbocycles. The number of likely N-dealkylation sites (N-methyl/N-ethyl adjacent to an activating group) is 1. The summed E-state index contributed by atoms with van der Waals surface area (Å²) in [5.74, 6) is 0. The van der Waals surface area contributed by atoms with Crippen molar-refractivity contribution in [3.63, 3.8) is 0 Å². The molecule has 1 aliphatic heterocycles. The lowest BCUT2D eigenvalue weighted by Crippen LogP contribution is -2.32. The van der Waals surface area contributed by atoms with E-state index in [0.717, 1.165) is 19.0 Å². The van der Waals surface area contributed by atoms with Gasteiger partial charge in [0.25, 0.3) is 0 Å². The van der Waals surface area contributed by atoms with Crippen LogP contribution in [-0.2, 0) is 6.18 Å². The van der Waals surface area contributed by atoms with E-state index in [1.54, 1.807) is 12.1 Å². The van der Waals surface area contributed by atoms with E-state index in [0.29, 0.717) is 17.6 Å². The van der Waals surface area contributed by atoms with Crippen LogP contribution in [0.5, 0.6) is 0 Å².